The topological polar surface area (TPSA) is 52.0 Å². The molecule has 0 unspecified atom stereocenters. The molecule has 0 atom stereocenters. The Kier molecular flexibility index (Phi) is 4.92. The summed E-state index contributed by atoms with van der Waals surface area (Å²) < 4.78 is 7.10. The molecule has 102 valence electrons. The molecule has 2 aromatic rings. The molecule has 0 spiro atoms. The lowest BCUT2D eigenvalue weighted by Gasteiger charge is -2.09. The summed E-state index contributed by atoms with van der Waals surface area (Å²) in [5.74, 6) is 0.984. The molecule has 5 heteroatoms. The predicted molar refractivity (Wildman–Crippen MR) is 75.3 cm³/mol. The quantitative estimate of drug-likeness (QED) is 0.826. The Labute approximate surface area is 113 Å². The van der Waals surface area contributed by atoms with E-state index in [1.807, 2.05) is 16.7 Å². The van der Waals surface area contributed by atoms with Gasteiger partial charge in [0.2, 0.25) is 0 Å². The van der Waals surface area contributed by atoms with Crippen molar-refractivity contribution in [2.24, 2.45) is 0 Å². The zero-order chi connectivity index (χ0) is 13.5. The number of anilines is 1. The van der Waals surface area contributed by atoms with Crippen LogP contribution in [0.25, 0.3) is 0 Å². The van der Waals surface area contributed by atoms with Crippen molar-refractivity contribution >= 4 is 5.69 Å². The van der Waals surface area contributed by atoms with Crippen LogP contribution in [0, 0.1) is 6.92 Å². The molecular weight excluding hydrogens is 240 g/mol. The van der Waals surface area contributed by atoms with E-state index in [4.69, 9.17) is 4.74 Å². The number of nitrogens with zero attached hydrogens (tertiary/aromatic N) is 3. The lowest BCUT2D eigenvalue weighted by Crippen LogP contribution is -2.12. The fourth-order valence-corrected chi connectivity index (χ4v) is 1.93. The number of ether oxygens (including phenoxy) is 1. The van der Waals surface area contributed by atoms with Crippen LogP contribution in [0.4, 0.5) is 5.69 Å². The van der Waals surface area contributed by atoms with Crippen LogP contribution >= 0.6 is 0 Å². The Hall–Kier alpha value is -1.88. The number of hydrogen-bond donors (Lipinski definition) is 1. The molecule has 19 heavy (non-hydrogen) atoms. The smallest absolute Gasteiger partial charge is 0.134 e. The van der Waals surface area contributed by atoms with Crippen LogP contribution in [-0.4, -0.2) is 35.0 Å². The molecule has 0 bridgehead atoms. The first-order valence-electron chi connectivity index (χ1n) is 6.46. The monoisotopic (exact) mass is 260 g/mol. The van der Waals surface area contributed by atoms with Crippen molar-refractivity contribution in [3.05, 3.63) is 42.0 Å². The SMILES string of the molecule is COCCn1cnnc1CCNc1ccccc1C. The maximum atomic E-state index is 5.07. The molecule has 1 aromatic heterocycles. The normalized spacial score (nSPS) is 10.6. The van der Waals surface area contributed by atoms with E-state index in [1.54, 1.807) is 13.4 Å². The van der Waals surface area contributed by atoms with Gasteiger partial charge in [0.1, 0.15) is 12.2 Å². The van der Waals surface area contributed by atoms with Crippen LogP contribution in [0.2, 0.25) is 0 Å². The minimum Gasteiger partial charge on any atom is -0.384 e. The van der Waals surface area contributed by atoms with E-state index in [2.05, 4.69) is 34.6 Å². The summed E-state index contributed by atoms with van der Waals surface area (Å²) in [5, 5.41) is 11.5. The summed E-state index contributed by atoms with van der Waals surface area (Å²) >= 11 is 0. The van der Waals surface area contributed by atoms with Crippen molar-refractivity contribution in [3.8, 4) is 0 Å². The van der Waals surface area contributed by atoms with Gasteiger partial charge in [-0.25, -0.2) is 0 Å². The summed E-state index contributed by atoms with van der Waals surface area (Å²) in [7, 11) is 1.70. The zero-order valence-corrected chi connectivity index (χ0v) is 11.5. The van der Waals surface area contributed by atoms with Gasteiger partial charge in [0.05, 0.1) is 6.61 Å². The Morgan fingerprint density at radius 1 is 1.32 bits per heavy atom. The molecular formula is C14H20N4O. The highest BCUT2D eigenvalue weighted by Gasteiger charge is 2.04. The first-order valence-corrected chi connectivity index (χ1v) is 6.46. The van der Waals surface area contributed by atoms with Gasteiger partial charge in [0, 0.05) is 32.3 Å². The highest BCUT2D eigenvalue weighted by Crippen LogP contribution is 2.12. The minimum absolute atomic E-state index is 0.677. The highest BCUT2D eigenvalue weighted by molar-refractivity contribution is 5.50. The van der Waals surface area contributed by atoms with E-state index in [9.17, 15) is 0 Å². The van der Waals surface area contributed by atoms with Gasteiger partial charge in [0.25, 0.3) is 0 Å². The largest absolute Gasteiger partial charge is 0.384 e. The summed E-state index contributed by atoms with van der Waals surface area (Å²) in [5.41, 5.74) is 2.42. The van der Waals surface area contributed by atoms with Crippen LogP contribution in [0.3, 0.4) is 0 Å². The first kappa shape index (κ1) is 13.5. The lowest BCUT2D eigenvalue weighted by molar-refractivity contribution is 0.186. The summed E-state index contributed by atoms with van der Waals surface area (Å²) in [6.07, 6.45) is 2.60. The molecule has 0 radical (unpaired) electrons. The molecule has 0 saturated heterocycles. The molecule has 0 saturated carbocycles. The number of nitrogens with one attached hydrogen (secondary N) is 1. The van der Waals surface area contributed by atoms with Gasteiger partial charge in [-0.05, 0) is 18.6 Å². The predicted octanol–water partition coefficient (Wildman–Crippen LogP) is 1.89. The van der Waals surface area contributed by atoms with Gasteiger partial charge < -0.3 is 14.6 Å². The first-order chi connectivity index (χ1) is 9.31. The fourth-order valence-electron chi connectivity index (χ4n) is 1.93. The molecule has 0 amide bonds. The standard InChI is InChI=1S/C14H20N4O/c1-12-5-3-4-6-13(12)15-8-7-14-17-16-11-18(14)9-10-19-2/h3-6,11,15H,7-10H2,1-2H3. The summed E-state index contributed by atoms with van der Waals surface area (Å²) in [6.45, 7) is 4.42. The number of hydrogen-bond acceptors (Lipinski definition) is 4. The Morgan fingerprint density at radius 2 is 2.16 bits per heavy atom. The van der Waals surface area contributed by atoms with E-state index < -0.39 is 0 Å². The molecule has 5 nitrogen and oxygen atoms in total. The number of para-hydroxylation sites is 1. The van der Waals surface area contributed by atoms with Crippen LogP contribution in [0.5, 0.6) is 0 Å². The second kappa shape index (κ2) is 6.89. The molecule has 0 fully saturated rings. The lowest BCUT2D eigenvalue weighted by atomic mass is 10.2. The maximum absolute atomic E-state index is 5.07. The zero-order valence-electron chi connectivity index (χ0n) is 11.5. The van der Waals surface area contributed by atoms with Crippen molar-refractivity contribution in [1.29, 1.82) is 0 Å². The van der Waals surface area contributed by atoms with Crippen molar-refractivity contribution in [2.45, 2.75) is 19.9 Å². The molecule has 0 aliphatic carbocycles. The van der Waals surface area contributed by atoms with Gasteiger partial charge in [-0.15, -0.1) is 10.2 Å². The number of benzene rings is 1. The van der Waals surface area contributed by atoms with Crippen molar-refractivity contribution in [3.63, 3.8) is 0 Å². The Bertz CT molecular complexity index is 510. The number of methoxy groups -OCH3 is 1. The molecule has 1 heterocycles. The van der Waals surface area contributed by atoms with E-state index in [0.717, 1.165) is 25.3 Å². The van der Waals surface area contributed by atoms with E-state index in [0.29, 0.717) is 6.61 Å². The maximum Gasteiger partial charge on any atom is 0.134 e. The number of aryl methyl sites for hydroxylation is 1. The Balaban J connectivity index is 1.86. The molecule has 1 aromatic carbocycles. The second-order valence-electron chi connectivity index (χ2n) is 4.43. The summed E-state index contributed by atoms with van der Waals surface area (Å²) in [6, 6.07) is 8.27. The molecule has 1 N–H and O–H groups in total. The van der Waals surface area contributed by atoms with Crippen LogP contribution in [0.1, 0.15) is 11.4 Å². The van der Waals surface area contributed by atoms with Crippen LogP contribution in [0.15, 0.2) is 30.6 Å². The van der Waals surface area contributed by atoms with E-state index in [1.165, 1.54) is 11.3 Å². The van der Waals surface area contributed by atoms with Crippen molar-refractivity contribution in [1.82, 2.24) is 14.8 Å². The summed E-state index contributed by atoms with van der Waals surface area (Å²) in [4.78, 5) is 0. The average molecular weight is 260 g/mol. The molecule has 2 rings (SSSR count). The van der Waals surface area contributed by atoms with Crippen LogP contribution in [-0.2, 0) is 17.7 Å². The second-order valence-corrected chi connectivity index (χ2v) is 4.43. The van der Waals surface area contributed by atoms with Gasteiger partial charge >= 0.3 is 0 Å². The van der Waals surface area contributed by atoms with Crippen molar-refractivity contribution in [2.75, 3.05) is 25.6 Å². The van der Waals surface area contributed by atoms with Gasteiger partial charge in [-0.2, -0.15) is 0 Å². The van der Waals surface area contributed by atoms with Crippen LogP contribution < -0.4 is 5.32 Å². The highest BCUT2D eigenvalue weighted by atomic mass is 16.5. The van der Waals surface area contributed by atoms with E-state index >= 15 is 0 Å². The van der Waals surface area contributed by atoms with Crippen molar-refractivity contribution < 1.29 is 4.74 Å². The number of rotatable bonds is 7. The minimum atomic E-state index is 0.677. The molecule has 0 aliphatic heterocycles. The third-order valence-corrected chi connectivity index (χ3v) is 3.04. The third kappa shape index (κ3) is 3.79. The fraction of sp³-hybridized carbons (Fsp3) is 0.429. The van der Waals surface area contributed by atoms with Gasteiger partial charge in [-0.3, -0.25) is 0 Å². The van der Waals surface area contributed by atoms with Gasteiger partial charge in [-0.1, -0.05) is 18.2 Å². The number of aromatic nitrogens is 3. The third-order valence-electron chi connectivity index (χ3n) is 3.04. The van der Waals surface area contributed by atoms with Gasteiger partial charge in [0.15, 0.2) is 0 Å². The molecule has 0 aliphatic rings. The Morgan fingerprint density at radius 3 is 2.95 bits per heavy atom. The average Bonchev–Trinajstić information content (AvgIpc) is 2.86. The van der Waals surface area contributed by atoms with E-state index in [-0.39, 0.29) is 0 Å².